The minimum atomic E-state index is -0.181. The van der Waals surface area contributed by atoms with Gasteiger partial charge >= 0.3 is 0 Å². The Morgan fingerprint density at radius 3 is 2.63 bits per heavy atom. The molecule has 0 atom stereocenters. The van der Waals surface area contributed by atoms with Crippen molar-refractivity contribution in [1.29, 1.82) is 5.26 Å². The Labute approximate surface area is 115 Å². The van der Waals surface area contributed by atoms with Crippen molar-refractivity contribution in [2.75, 3.05) is 0 Å². The highest BCUT2D eigenvalue weighted by Crippen LogP contribution is 2.36. The molecule has 2 aromatic heterocycles. The molecule has 2 aromatic rings. The molecule has 2 heterocycles. The van der Waals surface area contributed by atoms with Gasteiger partial charge in [-0.3, -0.25) is 4.79 Å². The molecule has 0 saturated carbocycles. The lowest BCUT2D eigenvalue weighted by Crippen LogP contribution is -2.09. The second-order valence-corrected chi connectivity index (χ2v) is 5.07. The fourth-order valence-corrected chi connectivity index (χ4v) is 3.41. The topological polar surface area (TPSA) is 71.6 Å². The maximum Gasteiger partial charge on any atom is 0.245 e. The summed E-state index contributed by atoms with van der Waals surface area (Å²) in [5, 5.41) is 13.1. The van der Waals surface area contributed by atoms with Gasteiger partial charge in [0.2, 0.25) is 5.91 Å². The van der Waals surface area contributed by atoms with Crippen molar-refractivity contribution in [3.8, 4) is 16.8 Å². The lowest BCUT2D eigenvalue weighted by Gasteiger charge is -2.03. The number of hydrogen-bond donors (Lipinski definition) is 0. The molecule has 5 nitrogen and oxygen atoms in total. The van der Waals surface area contributed by atoms with E-state index in [1.165, 1.54) is 29.3 Å². The number of hydrogen-bond acceptors (Lipinski definition) is 5. The molecule has 0 N–H and O–H groups in total. The van der Waals surface area contributed by atoms with Crippen molar-refractivity contribution >= 4 is 17.2 Å². The van der Waals surface area contributed by atoms with Gasteiger partial charge in [-0.2, -0.15) is 15.0 Å². The summed E-state index contributed by atoms with van der Waals surface area (Å²) in [6.07, 6.45) is 2.98. The second-order valence-electron chi connectivity index (χ2n) is 4.05. The van der Waals surface area contributed by atoms with E-state index in [-0.39, 0.29) is 5.91 Å². The van der Waals surface area contributed by atoms with E-state index in [4.69, 9.17) is 0 Å². The average Bonchev–Trinajstić information content (AvgIpc) is 3.01. The van der Waals surface area contributed by atoms with Gasteiger partial charge in [0.25, 0.3) is 0 Å². The summed E-state index contributed by atoms with van der Waals surface area (Å²) in [5.41, 5.74) is 2.16. The van der Waals surface area contributed by atoms with E-state index in [0.29, 0.717) is 10.7 Å². The van der Waals surface area contributed by atoms with Crippen LogP contribution in [-0.2, 0) is 12.8 Å². The van der Waals surface area contributed by atoms with Gasteiger partial charge in [-0.15, -0.1) is 11.3 Å². The van der Waals surface area contributed by atoms with Crippen LogP contribution in [0.1, 0.15) is 41.6 Å². The van der Waals surface area contributed by atoms with Crippen LogP contribution in [0.15, 0.2) is 6.33 Å². The highest BCUT2D eigenvalue weighted by Gasteiger charge is 2.21. The number of carbonyl (C=O) groups is 1. The Bertz CT molecular complexity index is 663. The van der Waals surface area contributed by atoms with Crippen molar-refractivity contribution in [2.45, 2.75) is 33.6 Å². The standard InChI is InChI=1S/C13H14N4OS/c1-4-9-10(5-2)12(19-11(9)6-14)13-15-7-16-17(13)8(3)18/h7H,4-5H2,1-3H3. The molecule has 6 heteroatoms. The van der Waals surface area contributed by atoms with Crippen molar-refractivity contribution in [3.05, 3.63) is 22.3 Å². The van der Waals surface area contributed by atoms with Crippen molar-refractivity contribution in [1.82, 2.24) is 14.8 Å². The molecular formula is C13H14N4OS. The van der Waals surface area contributed by atoms with Crippen molar-refractivity contribution < 1.29 is 4.79 Å². The van der Waals surface area contributed by atoms with Crippen LogP contribution < -0.4 is 0 Å². The van der Waals surface area contributed by atoms with E-state index in [9.17, 15) is 10.1 Å². The van der Waals surface area contributed by atoms with Crippen LogP contribution in [0.4, 0.5) is 0 Å². The molecule has 0 aromatic carbocycles. The predicted octanol–water partition coefficient (Wildman–Crippen LogP) is 2.66. The third kappa shape index (κ3) is 2.17. The molecule has 0 aliphatic rings. The van der Waals surface area contributed by atoms with Gasteiger partial charge in [-0.1, -0.05) is 13.8 Å². The van der Waals surface area contributed by atoms with Crippen molar-refractivity contribution in [2.24, 2.45) is 0 Å². The third-order valence-corrected chi connectivity index (χ3v) is 4.15. The normalized spacial score (nSPS) is 10.4. The lowest BCUT2D eigenvalue weighted by atomic mass is 10.0. The quantitative estimate of drug-likeness (QED) is 0.862. The van der Waals surface area contributed by atoms with Crippen LogP contribution in [0, 0.1) is 11.3 Å². The summed E-state index contributed by atoms with van der Waals surface area (Å²) in [5.74, 6) is 0.352. The minimum Gasteiger partial charge on any atom is -0.273 e. The zero-order valence-electron chi connectivity index (χ0n) is 11.1. The number of aromatic nitrogens is 3. The molecule has 0 aliphatic carbocycles. The molecule has 0 bridgehead atoms. The van der Waals surface area contributed by atoms with Crippen LogP contribution in [-0.4, -0.2) is 20.7 Å². The monoisotopic (exact) mass is 274 g/mol. The van der Waals surface area contributed by atoms with Gasteiger partial charge in [0, 0.05) is 6.92 Å². The summed E-state index contributed by atoms with van der Waals surface area (Å²) in [7, 11) is 0. The lowest BCUT2D eigenvalue weighted by molar-refractivity contribution is 0.0923. The Morgan fingerprint density at radius 1 is 1.42 bits per heavy atom. The first-order valence-corrected chi connectivity index (χ1v) is 6.91. The molecule has 0 amide bonds. The summed E-state index contributed by atoms with van der Waals surface area (Å²) in [6.45, 7) is 5.52. The highest BCUT2D eigenvalue weighted by molar-refractivity contribution is 7.16. The third-order valence-electron chi connectivity index (χ3n) is 2.97. The van der Waals surface area contributed by atoms with Gasteiger partial charge in [0.15, 0.2) is 5.82 Å². The van der Waals surface area contributed by atoms with Crippen LogP contribution in [0.5, 0.6) is 0 Å². The fraction of sp³-hybridized carbons (Fsp3) is 0.385. The van der Waals surface area contributed by atoms with Crippen LogP contribution in [0.2, 0.25) is 0 Å². The highest BCUT2D eigenvalue weighted by atomic mass is 32.1. The molecule has 0 fully saturated rings. The number of rotatable bonds is 3. The molecule has 19 heavy (non-hydrogen) atoms. The molecule has 98 valence electrons. The maximum absolute atomic E-state index is 11.5. The first kappa shape index (κ1) is 13.4. The fourth-order valence-electron chi connectivity index (χ4n) is 2.14. The molecular weight excluding hydrogens is 260 g/mol. The smallest absolute Gasteiger partial charge is 0.245 e. The molecule has 0 saturated heterocycles. The van der Waals surface area contributed by atoms with Crippen LogP contribution in [0.25, 0.3) is 10.7 Å². The van der Waals surface area contributed by atoms with E-state index in [1.807, 2.05) is 13.8 Å². The summed E-state index contributed by atoms with van der Waals surface area (Å²) in [6, 6.07) is 2.23. The van der Waals surface area contributed by atoms with E-state index in [0.717, 1.165) is 28.8 Å². The Hall–Kier alpha value is -2.00. The maximum atomic E-state index is 11.5. The van der Waals surface area contributed by atoms with Gasteiger partial charge in [-0.05, 0) is 24.0 Å². The zero-order chi connectivity index (χ0) is 14.0. The van der Waals surface area contributed by atoms with Crippen LogP contribution in [0.3, 0.4) is 0 Å². The van der Waals surface area contributed by atoms with Crippen LogP contribution >= 0.6 is 11.3 Å². The summed E-state index contributed by atoms with van der Waals surface area (Å²) >= 11 is 1.39. The number of nitrogens with zero attached hydrogens (tertiary/aromatic N) is 4. The van der Waals surface area contributed by atoms with Gasteiger partial charge in [0.1, 0.15) is 17.3 Å². The van der Waals surface area contributed by atoms with Gasteiger partial charge in [-0.25, -0.2) is 4.98 Å². The van der Waals surface area contributed by atoms with E-state index < -0.39 is 0 Å². The molecule has 0 unspecified atom stereocenters. The number of carbonyl (C=O) groups excluding carboxylic acids is 1. The first-order valence-electron chi connectivity index (χ1n) is 6.09. The van der Waals surface area contributed by atoms with E-state index >= 15 is 0 Å². The average molecular weight is 274 g/mol. The molecule has 0 aliphatic heterocycles. The second kappa shape index (κ2) is 5.33. The number of thiophene rings is 1. The summed E-state index contributed by atoms with van der Waals surface area (Å²) < 4.78 is 1.28. The largest absolute Gasteiger partial charge is 0.273 e. The van der Waals surface area contributed by atoms with Gasteiger partial charge in [0.05, 0.1) is 4.88 Å². The first-order chi connectivity index (χ1) is 9.13. The molecule has 0 radical (unpaired) electrons. The minimum absolute atomic E-state index is 0.181. The SMILES string of the molecule is CCc1c(C#N)sc(-c2ncnn2C(C)=O)c1CC. The molecule has 2 rings (SSSR count). The Kier molecular flexibility index (Phi) is 3.76. The van der Waals surface area contributed by atoms with Gasteiger partial charge < -0.3 is 0 Å². The van der Waals surface area contributed by atoms with Crippen molar-refractivity contribution in [3.63, 3.8) is 0 Å². The Balaban J connectivity index is 2.69. The number of nitriles is 1. The van der Waals surface area contributed by atoms with E-state index in [2.05, 4.69) is 16.2 Å². The van der Waals surface area contributed by atoms with E-state index in [1.54, 1.807) is 0 Å². The summed E-state index contributed by atoms with van der Waals surface area (Å²) in [4.78, 5) is 17.3. The molecule has 0 spiro atoms. The zero-order valence-corrected chi connectivity index (χ0v) is 11.9. The Morgan fingerprint density at radius 2 is 2.11 bits per heavy atom. The predicted molar refractivity (Wildman–Crippen MR) is 73.1 cm³/mol.